The molecule has 0 bridgehead atoms. The number of hydrogen-bond donors (Lipinski definition) is 0. The van der Waals surface area contributed by atoms with Crippen LogP contribution in [0.3, 0.4) is 0 Å². The maximum atomic E-state index is 3.84. The molecule has 0 nitrogen and oxygen atoms in total. The molecular weight excluding hydrogens is 236 g/mol. The first kappa shape index (κ1) is 12.3. The van der Waals surface area contributed by atoms with Crippen molar-refractivity contribution in [1.29, 1.82) is 0 Å². The van der Waals surface area contributed by atoms with Gasteiger partial charge in [-0.2, -0.15) is 0 Å². The van der Waals surface area contributed by atoms with Crippen molar-refractivity contribution in [3.8, 4) is 0 Å². The summed E-state index contributed by atoms with van der Waals surface area (Å²) in [6.45, 7) is 4.67. The van der Waals surface area contributed by atoms with Gasteiger partial charge in [0.25, 0.3) is 0 Å². The molecule has 0 radical (unpaired) electrons. The Kier molecular flexibility index (Phi) is 6.33. The lowest BCUT2D eigenvalue weighted by atomic mass is 9.96. The highest BCUT2D eigenvalue weighted by Gasteiger charge is 2.34. The summed E-state index contributed by atoms with van der Waals surface area (Å²) in [6, 6.07) is 0. The molecular formula is C11H21BrMg. The van der Waals surface area contributed by atoms with Crippen molar-refractivity contribution < 1.29 is 0 Å². The Hall–Kier alpha value is 1.25. The van der Waals surface area contributed by atoms with Gasteiger partial charge in [0.15, 0.2) is 0 Å². The first-order valence-electron chi connectivity index (χ1n) is 5.89. The lowest BCUT2D eigenvalue weighted by Crippen LogP contribution is -2.12. The van der Waals surface area contributed by atoms with Gasteiger partial charge in [0.05, 0.1) is 0 Å². The monoisotopic (exact) mass is 256 g/mol. The minimum Gasteiger partial charge on any atom is -0.306 e. The molecule has 1 aliphatic rings. The molecule has 1 aliphatic carbocycles. The SMILES string of the molecule is CCCC1CCC(CCC)[CH]1[Mg][Br]. The third-order valence-electron chi connectivity index (χ3n) is 3.62. The molecule has 0 heterocycles. The van der Waals surface area contributed by atoms with E-state index in [1.807, 2.05) is 0 Å². The van der Waals surface area contributed by atoms with E-state index in [1.165, 1.54) is 38.5 Å². The Morgan fingerprint density at radius 2 is 1.54 bits per heavy atom. The average Bonchev–Trinajstić information content (AvgIpc) is 2.49. The number of rotatable bonds is 5. The summed E-state index contributed by atoms with van der Waals surface area (Å²) in [7, 11) is 0. The second-order valence-corrected chi connectivity index (χ2v) is 7.69. The second-order valence-electron chi connectivity index (χ2n) is 4.49. The van der Waals surface area contributed by atoms with Crippen molar-refractivity contribution >= 4 is 31.1 Å². The Labute approximate surface area is 98.8 Å². The minimum atomic E-state index is 0.0674. The number of hydrogen-bond acceptors (Lipinski definition) is 0. The van der Waals surface area contributed by atoms with E-state index >= 15 is 0 Å². The van der Waals surface area contributed by atoms with E-state index < -0.39 is 0 Å². The van der Waals surface area contributed by atoms with Crippen molar-refractivity contribution in [2.45, 2.75) is 56.4 Å². The zero-order valence-corrected chi connectivity index (χ0v) is 12.1. The molecule has 2 atom stereocenters. The molecule has 0 aromatic heterocycles. The van der Waals surface area contributed by atoms with Crippen LogP contribution in [0.2, 0.25) is 4.05 Å². The minimum absolute atomic E-state index is 0.0674. The molecule has 13 heavy (non-hydrogen) atoms. The zero-order chi connectivity index (χ0) is 9.68. The van der Waals surface area contributed by atoms with Crippen molar-refractivity contribution in [3.63, 3.8) is 0 Å². The van der Waals surface area contributed by atoms with Crippen LogP contribution in [0.5, 0.6) is 0 Å². The van der Waals surface area contributed by atoms with E-state index in [4.69, 9.17) is 0 Å². The molecule has 1 saturated carbocycles. The van der Waals surface area contributed by atoms with E-state index in [9.17, 15) is 0 Å². The van der Waals surface area contributed by atoms with Gasteiger partial charge in [0.2, 0.25) is 0 Å². The average molecular weight is 257 g/mol. The molecule has 2 unspecified atom stereocenters. The van der Waals surface area contributed by atoms with Crippen LogP contribution in [0.25, 0.3) is 0 Å². The molecule has 0 N–H and O–H groups in total. The van der Waals surface area contributed by atoms with Gasteiger partial charge in [-0.05, 0) is 0 Å². The first-order chi connectivity index (χ1) is 6.33. The van der Waals surface area contributed by atoms with Crippen LogP contribution in [0.15, 0.2) is 0 Å². The maximum Gasteiger partial charge on any atom is 0.472 e. The van der Waals surface area contributed by atoms with Gasteiger partial charge in [-0.15, -0.1) is 4.05 Å². The molecule has 0 amide bonds. The Morgan fingerprint density at radius 3 is 1.85 bits per heavy atom. The molecule has 0 aromatic carbocycles. The fraction of sp³-hybridized carbons (Fsp3) is 1.00. The number of halogens is 1. The normalized spacial score (nSPS) is 33.3. The fourth-order valence-electron chi connectivity index (χ4n) is 2.95. The van der Waals surface area contributed by atoms with Gasteiger partial charge in [-0.25, -0.2) is 0 Å². The summed E-state index contributed by atoms with van der Waals surface area (Å²) in [6.07, 6.45) is 8.82. The molecule has 0 aromatic rings. The van der Waals surface area contributed by atoms with Crippen LogP contribution in [0, 0.1) is 11.8 Å². The van der Waals surface area contributed by atoms with E-state index in [0.717, 1.165) is 15.9 Å². The van der Waals surface area contributed by atoms with Crippen molar-refractivity contribution in [1.82, 2.24) is 0 Å². The fourth-order valence-corrected chi connectivity index (χ4v) is 7.57. The molecule has 1 rings (SSSR count). The lowest BCUT2D eigenvalue weighted by molar-refractivity contribution is 0.440. The lowest BCUT2D eigenvalue weighted by Gasteiger charge is -2.22. The Balaban J connectivity index is 2.42. The molecule has 0 aliphatic heterocycles. The predicted molar refractivity (Wildman–Crippen MR) is 64.5 cm³/mol. The van der Waals surface area contributed by atoms with Crippen LogP contribution in [0.4, 0.5) is 0 Å². The van der Waals surface area contributed by atoms with E-state index in [-0.39, 0.29) is 18.2 Å². The Bertz CT molecular complexity index is 124. The van der Waals surface area contributed by atoms with Gasteiger partial charge >= 0.3 is 18.2 Å². The third kappa shape index (κ3) is 3.39. The zero-order valence-electron chi connectivity index (χ0n) is 9.06. The quantitative estimate of drug-likeness (QED) is 0.640. The van der Waals surface area contributed by atoms with Crippen molar-refractivity contribution in [2.75, 3.05) is 0 Å². The highest BCUT2D eigenvalue weighted by Crippen LogP contribution is 2.46. The standard InChI is InChI=1S/C11H21.BrH.Mg/c1-3-5-10-7-8-11(9-10)6-4-2;;/h9-11H,3-8H2,1-2H3;1H;/q;;+1/p-1. The van der Waals surface area contributed by atoms with Gasteiger partial charge in [0.1, 0.15) is 0 Å². The smallest absolute Gasteiger partial charge is 0.306 e. The summed E-state index contributed by atoms with van der Waals surface area (Å²) in [5.41, 5.74) is 0. The second kappa shape index (κ2) is 6.68. The summed E-state index contributed by atoms with van der Waals surface area (Å²) >= 11 is 3.90. The van der Waals surface area contributed by atoms with Crippen LogP contribution in [-0.4, -0.2) is 18.2 Å². The van der Waals surface area contributed by atoms with Crippen LogP contribution in [0.1, 0.15) is 52.4 Å². The topological polar surface area (TPSA) is 0 Å². The van der Waals surface area contributed by atoms with Gasteiger partial charge in [-0.3, -0.25) is 0 Å². The van der Waals surface area contributed by atoms with Gasteiger partial charge in [-0.1, -0.05) is 64.2 Å². The molecule has 74 valence electrons. The van der Waals surface area contributed by atoms with Crippen LogP contribution < -0.4 is 0 Å². The summed E-state index contributed by atoms with van der Waals surface area (Å²) < 4.78 is 1.12. The molecule has 0 saturated heterocycles. The highest BCUT2D eigenvalue weighted by molar-refractivity contribution is 9.23. The molecule has 0 spiro atoms. The van der Waals surface area contributed by atoms with E-state index in [2.05, 4.69) is 26.7 Å². The Morgan fingerprint density at radius 1 is 1.08 bits per heavy atom. The molecule has 2 heteroatoms. The molecule has 1 fully saturated rings. The summed E-state index contributed by atoms with van der Waals surface area (Å²) in [5.74, 6) is 2.18. The first-order valence-corrected chi connectivity index (χ1v) is 10.6. The largest absolute Gasteiger partial charge is 0.472 e. The van der Waals surface area contributed by atoms with Crippen LogP contribution in [-0.2, 0) is 0 Å². The van der Waals surface area contributed by atoms with E-state index in [1.54, 1.807) is 0 Å². The van der Waals surface area contributed by atoms with Crippen LogP contribution >= 0.6 is 12.9 Å². The van der Waals surface area contributed by atoms with Crippen molar-refractivity contribution in [2.24, 2.45) is 11.8 Å². The highest BCUT2D eigenvalue weighted by atomic mass is 79.9. The van der Waals surface area contributed by atoms with Gasteiger partial charge in [0, 0.05) is 0 Å². The third-order valence-corrected chi connectivity index (χ3v) is 7.55. The van der Waals surface area contributed by atoms with Gasteiger partial charge < -0.3 is 12.9 Å². The maximum absolute atomic E-state index is 3.84. The van der Waals surface area contributed by atoms with Crippen molar-refractivity contribution in [3.05, 3.63) is 0 Å². The van der Waals surface area contributed by atoms with E-state index in [0.29, 0.717) is 0 Å². The summed E-state index contributed by atoms with van der Waals surface area (Å²) in [5, 5.41) is 0. The summed E-state index contributed by atoms with van der Waals surface area (Å²) in [4.78, 5) is 0. The predicted octanol–water partition coefficient (Wildman–Crippen LogP) is 4.42.